The number of hydrogen-bond donors (Lipinski definition) is 2. The highest BCUT2D eigenvalue weighted by molar-refractivity contribution is 7.16. The molecule has 3 aliphatic heterocycles. The second kappa shape index (κ2) is 5.64. The molecule has 0 spiro atoms. The zero-order valence-electron chi connectivity index (χ0n) is 13.9. The van der Waals surface area contributed by atoms with Gasteiger partial charge in [0, 0.05) is 18.0 Å². The molecule has 0 fully saturated rings. The Labute approximate surface area is 149 Å². The summed E-state index contributed by atoms with van der Waals surface area (Å²) in [7, 11) is 0. The summed E-state index contributed by atoms with van der Waals surface area (Å²) < 4.78 is 10.8. The molecule has 5 rings (SSSR count). The molecule has 1 unspecified atom stereocenters. The molecule has 7 heteroatoms. The van der Waals surface area contributed by atoms with Crippen LogP contribution in [0.5, 0.6) is 11.5 Å². The molecule has 0 aliphatic carbocycles. The van der Waals surface area contributed by atoms with Gasteiger partial charge in [-0.15, -0.1) is 11.3 Å². The van der Waals surface area contributed by atoms with Gasteiger partial charge in [-0.05, 0) is 36.2 Å². The van der Waals surface area contributed by atoms with Crippen molar-refractivity contribution >= 4 is 22.2 Å². The maximum atomic E-state index is 12.8. The minimum Gasteiger partial charge on any atom is -0.454 e. The first-order chi connectivity index (χ1) is 12.2. The Hall–Kier alpha value is -2.25. The number of amides is 1. The lowest BCUT2D eigenvalue weighted by atomic mass is 10.0. The lowest BCUT2D eigenvalue weighted by molar-refractivity contribution is 0.0934. The minimum absolute atomic E-state index is 0.0128. The summed E-state index contributed by atoms with van der Waals surface area (Å²) in [4.78, 5) is 16.5. The Kier molecular flexibility index (Phi) is 3.39. The fraction of sp³-hybridized carbons (Fsp3) is 0.389. The molecule has 0 saturated heterocycles. The van der Waals surface area contributed by atoms with Gasteiger partial charge in [-0.1, -0.05) is 13.0 Å². The predicted octanol–water partition coefficient (Wildman–Crippen LogP) is 2.71. The van der Waals surface area contributed by atoms with Crippen LogP contribution in [0.4, 0.5) is 5.00 Å². The number of hydrogen-bond acceptors (Lipinski definition) is 6. The summed E-state index contributed by atoms with van der Waals surface area (Å²) in [5.41, 5.74) is 3.02. The zero-order valence-corrected chi connectivity index (χ0v) is 14.7. The Balaban J connectivity index is 1.47. The number of carbonyl (C=O) groups is 1. The fourth-order valence-corrected chi connectivity index (χ4v) is 5.01. The second-order valence-corrected chi connectivity index (χ2v) is 7.60. The minimum atomic E-state index is -0.253. The number of fused-ring (bicyclic) bond motifs is 4. The van der Waals surface area contributed by atoms with Crippen molar-refractivity contribution in [3.63, 3.8) is 0 Å². The Morgan fingerprint density at radius 1 is 1.28 bits per heavy atom. The van der Waals surface area contributed by atoms with Gasteiger partial charge in [0.15, 0.2) is 11.5 Å². The van der Waals surface area contributed by atoms with E-state index >= 15 is 0 Å². The molecule has 3 aliphatic rings. The van der Waals surface area contributed by atoms with Gasteiger partial charge < -0.3 is 20.1 Å². The molecular formula is C18H19N3O3S. The molecule has 25 heavy (non-hydrogen) atoms. The van der Waals surface area contributed by atoms with Crippen molar-refractivity contribution in [1.29, 1.82) is 0 Å². The van der Waals surface area contributed by atoms with Gasteiger partial charge in [0.2, 0.25) is 6.79 Å². The summed E-state index contributed by atoms with van der Waals surface area (Å²) in [6, 6.07) is 5.78. The van der Waals surface area contributed by atoms with Crippen LogP contribution in [0.1, 0.15) is 39.5 Å². The smallest absolute Gasteiger partial charge is 0.256 e. The first-order valence-corrected chi connectivity index (χ1v) is 9.38. The number of nitrogens with zero attached hydrogens (tertiary/aromatic N) is 1. The normalized spacial score (nSPS) is 21.3. The molecule has 1 aromatic carbocycles. The van der Waals surface area contributed by atoms with E-state index in [4.69, 9.17) is 9.47 Å². The summed E-state index contributed by atoms with van der Waals surface area (Å²) >= 11 is 1.71. The number of nitrogens with one attached hydrogen (secondary N) is 2. The molecule has 0 saturated carbocycles. The van der Waals surface area contributed by atoms with Crippen LogP contribution in [0.25, 0.3) is 0 Å². The third-order valence-electron chi connectivity index (χ3n) is 5.09. The van der Waals surface area contributed by atoms with Crippen molar-refractivity contribution in [2.24, 2.45) is 0 Å². The van der Waals surface area contributed by atoms with Crippen LogP contribution >= 0.6 is 11.3 Å². The van der Waals surface area contributed by atoms with E-state index in [0.717, 1.165) is 53.7 Å². The van der Waals surface area contributed by atoms with Crippen molar-refractivity contribution in [1.82, 2.24) is 10.2 Å². The quantitative estimate of drug-likeness (QED) is 0.865. The van der Waals surface area contributed by atoms with Crippen molar-refractivity contribution in [2.45, 2.75) is 26.1 Å². The largest absolute Gasteiger partial charge is 0.454 e. The van der Waals surface area contributed by atoms with E-state index in [-0.39, 0.29) is 18.9 Å². The Bertz CT molecular complexity index is 863. The molecule has 6 nitrogen and oxygen atoms in total. The first kappa shape index (κ1) is 15.0. The van der Waals surface area contributed by atoms with E-state index < -0.39 is 0 Å². The molecule has 1 atom stereocenters. The lowest BCUT2D eigenvalue weighted by Crippen LogP contribution is -2.38. The van der Waals surface area contributed by atoms with Crippen molar-refractivity contribution in [3.05, 3.63) is 39.8 Å². The second-order valence-electron chi connectivity index (χ2n) is 6.49. The number of benzene rings is 1. The van der Waals surface area contributed by atoms with Crippen LogP contribution in [0.15, 0.2) is 18.2 Å². The monoisotopic (exact) mass is 357 g/mol. The summed E-state index contributed by atoms with van der Waals surface area (Å²) in [6.45, 7) is 5.43. The number of thiophene rings is 1. The van der Waals surface area contributed by atoms with Crippen LogP contribution in [0.3, 0.4) is 0 Å². The van der Waals surface area contributed by atoms with Gasteiger partial charge in [0.05, 0.1) is 5.56 Å². The van der Waals surface area contributed by atoms with E-state index in [1.54, 1.807) is 11.3 Å². The van der Waals surface area contributed by atoms with Crippen molar-refractivity contribution in [2.75, 3.05) is 25.2 Å². The van der Waals surface area contributed by atoms with E-state index in [0.29, 0.717) is 0 Å². The zero-order chi connectivity index (χ0) is 17.0. The average molecular weight is 357 g/mol. The van der Waals surface area contributed by atoms with Gasteiger partial charge in [0.25, 0.3) is 5.91 Å². The molecule has 0 bridgehead atoms. The van der Waals surface area contributed by atoms with Crippen molar-refractivity contribution in [3.8, 4) is 11.5 Å². The standard InChI is InChI=1S/C18H19N3O3S/c1-2-21-6-5-11-14(8-21)25-18-15(11)17(22)19-16(20-18)10-3-4-12-13(7-10)24-9-23-12/h3-4,7,16,20H,2,5-6,8-9H2,1H3,(H,19,22). The van der Waals surface area contributed by atoms with E-state index in [2.05, 4.69) is 22.5 Å². The van der Waals surface area contributed by atoms with Gasteiger partial charge >= 0.3 is 0 Å². The number of rotatable bonds is 2. The summed E-state index contributed by atoms with van der Waals surface area (Å²) in [5.74, 6) is 1.49. The molecule has 4 heterocycles. The maximum absolute atomic E-state index is 12.8. The molecule has 2 aromatic rings. The molecule has 1 amide bonds. The van der Waals surface area contributed by atoms with Gasteiger partial charge in [-0.3, -0.25) is 9.69 Å². The van der Waals surface area contributed by atoms with Gasteiger partial charge in [-0.2, -0.15) is 0 Å². The third kappa shape index (κ3) is 2.38. The Morgan fingerprint density at radius 2 is 2.16 bits per heavy atom. The highest BCUT2D eigenvalue weighted by atomic mass is 32.1. The molecule has 0 radical (unpaired) electrons. The van der Waals surface area contributed by atoms with Crippen LogP contribution in [0, 0.1) is 0 Å². The summed E-state index contributed by atoms with van der Waals surface area (Å²) in [5, 5.41) is 7.57. The fourth-order valence-electron chi connectivity index (χ4n) is 3.70. The van der Waals surface area contributed by atoms with Crippen molar-refractivity contribution < 1.29 is 14.3 Å². The van der Waals surface area contributed by atoms with Crippen LogP contribution in [-0.2, 0) is 13.0 Å². The topological polar surface area (TPSA) is 62.8 Å². The van der Waals surface area contributed by atoms with E-state index in [9.17, 15) is 4.79 Å². The predicted molar refractivity (Wildman–Crippen MR) is 95.4 cm³/mol. The number of carbonyl (C=O) groups excluding carboxylic acids is 1. The van der Waals surface area contributed by atoms with E-state index in [1.165, 1.54) is 10.4 Å². The highest BCUT2D eigenvalue weighted by Crippen LogP contribution is 2.42. The molecule has 2 N–H and O–H groups in total. The van der Waals surface area contributed by atoms with E-state index in [1.807, 2.05) is 18.2 Å². The van der Waals surface area contributed by atoms with Gasteiger partial charge in [-0.25, -0.2) is 0 Å². The molecular weight excluding hydrogens is 338 g/mol. The average Bonchev–Trinajstić information content (AvgIpc) is 3.24. The Morgan fingerprint density at radius 3 is 3.04 bits per heavy atom. The number of ether oxygens (including phenoxy) is 2. The molecule has 1 aromatic heterocycles. The van der Waals surface area contributed by atoms with Crippen LogP contribution < -0.4 is 20.1 Å². The van der Waals surface area contributed by atoms with Crippen LogP contribution in [0.2, 0.25) is 0 Å². The van der Waals surface area contributed by atoms with Gasteiger partial charge in [0.1, 0.15) is 11.2 Å². The third-order valence-corrected chi connectivity index (χ3v) is 6.24. The lowest BCUT2D eigenvalue weighted by Gasteiger charge is -2.28. The van der Waals surface area contributed by atoms with Crippen LogP contribution in [-0.4, -0.2) is 30.7 Å². The highest BCUT2D eigenvalue weighted by Gasteiger charge is 2.33. The first-order valence-electron chi connectivity index (χ1n) is 8.56. The number of likely N-dealkylation sites (N-methyl/N-ethyl adjacent to an activating group) is 1. The maximum Gasteiger partial charge on any atom is 0.256 e. The molecule has 130 valence electrons. The number of anilines is 1. The summed E-state index contributed by atoms with van der Waals surface area (Å²) in [6.07, 6.45) is 0.690. The SMILES string of the molecule is CCN1CCc2c(sc3c2C(=O)NC(c2ccc4c(c2)OCO4)N3)C1.